The number of carbonyl (C=O) groups excluding carboxylic acids is 1. The maximum Gasteiger partial charge on any atom is 0.224 e. The highest BCUT2D eigenvalue weighted by atomic mass is 16.5. The van der Waals surface area contributed by atoms with Gasteiger partial charge in [-0.15, -0.1) is 0 Å². The first kappa shape index (κ1) is 14.4. The fraction of sp³-hybridized carbons (Fsp3) is 0.562. The van der Waals surface area contributed by atoms with Crippen molar-refractivity contribution >= 4 is 5.91 Å². The van der Waals surface area contributed by atoms with Crippen molar-refractivity contribution in [2.24, 2.45) is 0 Å². The van der Waals surface area contributed by atoms with Crippen LogP contribution in [0.3, 0.4) is 0 Å². The summed E-state index contributed by atoms with van der Waals surface area (Å²) < 4.78 is 5.25. The number of aromatic hydroxyl groups is 1. The number of amides is 1. The molecule has 2 N–H and O–H groups in total. The van der Waals surface area contributed by atoms with Crippen LogP contribution < -0.4 is 5.32 Å². The molecular weight excluding hydrogens is 268 g/mol. The van der Waals surface area contributed by atoms with E-state index < -0.39 is 0 Å². The number of aryl methyl sites for hydroxylation is 1. The summed E-state index contributed by atoms with van der Waals surface area (Å²) in [7, 11) is 0. The van der Waals surface area contributed by atoms with E-state index in [9.17, 15) is 9.90 Å². The standard InChI is InChI=1S/C16H22N2O3/c19-13-2-3-14-12(11-13)1-4-15(14)17-6-5-16(20)18-7-9-21-10-8-18/h2-3,11,15,17,19H,1,4-10H2. The van der Waals surface area contributed by atoms with Crippen LogP contribution in [0.5, 0.6) is 5.75 Å². The molecule has 0 radical (unpaired) electrons. The molecule has 1 amide bonds. The van der Waals surface area contributed by atoms with Gasteiger partial charge in [-0.25, -0.2) is 0 Å². The molecule has 1 aliphatic carbocycles. The van der Waals surface area contributed by atoms with Gasteiger partial charge in [-0.3, -0.25) is 4.79 Å². The van der Waals surface area contributed by atoms with Crippen molar-refractivity contribution in [1.29, 1.82) is 0 Å². The molecule has 5 heteroatoms. The van der Waals surface area contributed by atoms with E-state index in [1.165, 1.54) is 11.1 Å². The van der Waals surface area contributed by atoms with E-state index in [0.29, 0.717) is 51.1 Å². The topological polar surface area (TPSA) is 61.8 Å². The average molecular weight is 290 g/mol. The molecule has 1 aromatic carbocycles. The van der Waals surface area contributed by atoms with Gasteiger partial charge in [0.05, 0.1) is 13.2 Å². The van der Waals surface area contributed by atoms with Crippen LogP contribution >= 0.6 is 0 Å². The number of carbonyl (C=O) groups is 1. The molecule has 1 heterocycles. The Morgan fingerprint density at radius 1 is 1.38 bits per heavy atom. The summed E-state index contributed by atoms with van der Waals surface area (Å²) in [6.07, 6.45) is 2.55. The molecule has 1 aromatic rings. The van der Waals surface area contributed by atoms with Gasteiger partial charge >= 0.3 is 0 Å². The summed E-state index contributed by atoms with van der Waals surface area (Å²) in [5, 5.41) is 13.0. The van der Waals surface area contributed by atoms with Gasteiger partial charge in [-0.1, -0.05) is 6.07 Å². The summed E-state index contributed by atoms with van der Waals surface area (Å²) >= 11 is 0. The van der Waals surface area contributed by atoms with E-state index in [-0.39, 0.29) is 5.91 Å². The third-order valence-electron chi connectivity index (χ3n) is 4.30. The van der Waals surface area contributed by atoms with Crippen molar-refractivity contribution in [2.45, 2.75) is 25.3 Å². The van der Waals surface area contributed by atoms with E-state index in [2.05, 4.69) is 5.32 Å². The van der Waals surface area contributed by atoms with E-state index in [1.54, 1.807) is 6.07 Å². The number of fused-ring (bicyclic) bond motifs is 1. The SMILES string of the molecule is O=C(CCNC1CCc2cc(O)ccc21)N1CCOCC1. The van der Waals surface area contributed by atoms with Crippen LogP contribution in [0.2, 0.25) is 0 Å². The smallest absolute Gasteiger partial charge is 0.224 e. The van der Waals surface area contributed by atoms with Crippen LogP contribution in [0, 0.1) is 0 Å². The van der Waals surface area contributed by atoms with Gasteiger partial charge in [0.2, 0.25) is 5.91 Å². The summed E-state index contributed by atoms with van der Waals surface area (Å²) in [4.78, 5) is 13.9. The molecule has 3 rings (SSSR count). The molecule has 0 saturated carbocycles. The number of morpholine rings is 1. The zero-order valence-corrected chi connectivity index (χ0v) is 12.2. The van der Waals surface area contributed by atoms with Crippen LogP contribution in [0.4, 0.5) is 0 Å². The van der Waals surface area contributed by atoms with Crippen molar-refractivity contribution in [3.63, 3.8) is 0 Å². The molecule has 1 unspecified atom stereocenters. The van der Waals surface area contributed by atoms with Crippen molar-refractivity contribution < 1.29 is 14.6 Å². The second-order valence-corrected chi connectivity index (χ2v) is 5.67. The van der Waals surface area contributed by atoms with Gasteiger partial charge in [0.25, 0.3) is 0 Å². The Bertz CT molecular complexity index is 512. The van der Waals surface area contributed by atoms with Crippen LogP contribution in [0.25, 0.3) is 0 Å². The Balaban J connectivity index is 1.47. The zero-order chi connectivity index (χ0) is 14.7. The minimum atomic E-state index is 0.203. The first-order valence-electron chi connectivity index (χ1n) is 7.65. The highest BCUT2D eigenvalue weighted by Crippen LogP contribution is 2.33. The van der Waals surface area contributed by atoms with Gasteiger partial charge in [0.15, 0.2) is 0 Å². The molecule has 1 saturated heterocycles. The van der Waals surface area contributed by atoms with Crippen LogP contribution in [-0.2, 0) is 16.0 Å². The lowest BCUT2D eigenvalue weighted by atomic mass is 10.1. The predicted octanol–water partition coefficient (Wildman–Crippen LogP) is 1.22. The number of hydrogen-bond donors (Lipinski definition) is 2. The number of phenolic OH excluding ortho intramolecular Hbond substituents is 1. The number of benzene rings is 1. The summed E-state index contributed by atoms with van der Waals surface area (Å²) in [5.41, 5.74) is 2.47. The number of nitrogens with zero attached hydrogens (tertiary/aromatic N) is 1. The Kier molecular flexibility index (Phi) is 4.41. The lowest BCUT2D eigenvalue weighted by Gasteiger charge is -2.27. The second-order valence-electron chi connectivity index (χ2n) is 5.67. The molecule has 1 fully saturated rings. The number of nitrogens with one attached hydrogen (secondary N) is 1. The van der Waals surface area contributed by atoms with Gasteiger partial charge in [0, 0.05) is 32.1 Å². The molecule has 5 nitrogen and oxygen atoms in total. The van der Waals surface area contributed by atoms with Crippen LogP contribution in [-0.4, -0.2) is 48.8 Å². The predicted molar refractivity (Wildman–Crippen MR) is 79.2 cm³/mol. The number of hydrogen-bond acceptors (Lipinski definition) is 4. The third-order valence-corrected chi connectivity index (χ3v) is 4.30. The van der Waals surface area contributed by atoms with Gasteiger partial charge in [-0.05, 0) is 36.1 Å². The second kappa shape index (κ2) is 6.45. The summed E-state index contributed by atoms with van der Waals surface area (Å²) in [6.45, 7) is 3.42. The van der Waals surface area contributed by atoms with E-state index in [0.717, 1.165) is 12.8 Å². The average Bonchev–Trinajstić information content (AvgIpc) is 2.90. The number of phenols is 1. The molecule has 2 aliphatic rings. The highest BCUT2D eigenvalue weighted by molar-refractivity contribution is 5.76. The molecule has 0 bridgehead atoms. The van der Waals surface area contributed by atoms with Crippen molar-refractivity contribution in [2.75, 3.05) is 32.8 Å². The molecular formula is C16H22N2O3. The van der Waals surface area contributed by atoms with Gasteiger partial charge in [-0.2, -0.15) is 0 Å². The lowest BCUT2D eigenvalue weighted by molar-refractivity contribution is -0.135. The van der Waals surface area contributed by atoms with Crippen molar-refractivity contribution in [1.82, 2.24) is 10.2 Å². The Labute approximate surface area is 124 Å². The van der Waals surface area contributed by atoms with Crippen LogP contribution in [0.1, 0.15) is 30.0 Å². The zero-order valence-electron chi connectivity index (χ0n) is 12.2. The largest absolute Gasteiger partial charge is 0.508 e. The third kappa shape index (κ3) is 3.36. The fourth-order valence-electron chi connectivity index (χ4n) is 3.14. The van der Waals surface area contributed by atoms with Crippen molar-refractivity contribution in [3.8, 4) is 5.75 Å². The first-order chi connectivity index (χ1) is 10.2. The minimum Gasteiger partial charge on any atom is -0.508 e. The molecule has 1 aliphatic heterocycles. The fourth-order valence-corrected chi connectivity index (χ4v) is 3.14. The molecule has 0 spiro atoms. The lowest BCUT2D eigenvalue weighted by Crippen LogP contribution is -2.41. The van der Waals surface area contributed by atoms with Crippen molar-refractivity contribution in [3.05, 3.63) is 29.3 Å². The Hall–Kier alpha value is -1.59. The minimum absolute atomic E-state index is 0.203. The molecule has 1 atom stereocenters. The highest BCUT2D eigenvalue weighted by Gasteiger charge is 2.23. The number of rotatable bonds is 4. The Morgan fingerprint density at radius 3 is 3.00 bits per heavy atom. The first-order valence-corrected chi connectivity index (χ1v) is 7.65. The Morgan fingerprint density at radius 2 is 2.19 bits per heavy atom. The van der Waals surface area contributed by atoms with Gasteiger partial charge in [0.1, 0.15) is 5.75 Å². The number of ether oxygens (including phenoxy) is 1. The normalized spacial score (nSPS) is 21.3. The molecule has 21 heavy (non-hydrogen) atoms. The maximum absolute atomic E-state index is 12.1. The maximum atomic E-state index is 12.1. The van der Waals surface area contributed by atoms with E-state index >= 15 is 0 Å². The van der Waals surface area contributed by atoms with Gasteiger partial charge < -0.3 is 20.1 Å². The molecule has 114 valence electrons. The van der Waals surface area contributed by atoms with E-state index in [1.807, 2.05) is 17.0 Å². The summed E-state index contributed by atoms with van der Waals surface area (Å²) in [5.74, 6) is 0.534. The van der Waals surface area contributed by atoms with E-state index in [4.69, 9.17) is 4.74 Å². The monoisotopic (exact) mass is 290 g/mol. The quantitative estimate of drug-likeness (QED) is 0.875. The summed E-state index contributed by atoms with van der Waals surface area (Å²) in [6, 6.07) is 5.87. The molecule has 0 aromatic heterocycles. The van der Waals surface area contributed by atoms with Crippen LogP contribution in [0.15, 0.2) is 18.2 Å².